The van der Waals surface area contributed by atoms with E-state index in [1.807, 2.05) is 86.0 Å². The van der Waals surface area contributed by atoms with Gasteiger partial charge in [0.15, 0.2) is 4.80 Å². The lowest BCUT2D eigenvalue weighted by Gasteiger charge is -2.26. The van der Waals surface area contributed by atoms with E-state index in [-0.39, 0.29) is 12.2 Å². The van der Waals surface area contributed by atoms with Gasteiger partial charge in [-0.3, -0.25) is 9.36 Å². The van der Waals surface area contributed by atoms with E-state index >= 15 is 0 Å². The summed E-state index contributed by atoms with van der Waals surface area (Å²) in [5.74, 6) is 0.140. The Morgan fingerprint density at radius 3 is 2.46 bits per heavy atom. The van der Waals surface area contributed by atoms with Crippen LogP contribution in [-0.4, -0.2) is 30.0 Å². The van der Waals surface area contributed by atoms with Crippen molar-refractivity contribution in [2.45, 2.75) is 24.8 Å². The Kier molecular flexibility index (Phi) is 9.33. The molecular formula is C31H26Br2N2O4S2. The molecule has 0 N–H and O–H groups in total. The van der Waals surface area contributed by atoms with Gasteiger partial charge in [0, 0.05) is 20.5 Å². The summed E-state index contributed by atoms with van der Waals surface area (Å²) in [7, 11) is 0. The molecule has 4 aromatic rings. The Labute approximate surface area is 262 Å². The lowest BCUT2D eigenvalue weighted by atomic mass is 9.93. The molecule has 0 unspecified atom stereocenters. The zero-order valence-corrected chi connectivity index (χ0v) is 27.3. The molecule has 1 aliphatic rings. The number of rotatable bonds is 8. The van der Waals surface area contributed by atoms with Crippen LogP contribution < -0.4 is 19.6 Å². The Bertz CT molecular complexity index is 1810. The van der Waals surface area contributed by atoms with E-state index in [9.17, 15) is 9.59 Å². The molecule has 1 aliphatic heterocycles. The van der Waals surface area contributed by atoms with Crippen molar-refractivity contribution in [1.29, 1.82) is 0 Å². The van der Waals surface area contributed by atoms with Gasteiger partial charge in [-0.1, -0.05) is 69.7 Å². The average molecular weight is 715 g/mol. The Morgan fingerprint density at radius 1 is 1.07 bits per heavy atom. The fraction of sp³-hybridized carbons (Fsp3) is 0.194. The van der Waals surface area contributed by atoms with E-state index in [4.69, 9.17) is 14.5 Å². The van der Waals surface area contributed by atoms with Crippen LogP contribution in [0.15, 0.2) is 95.9 Å². The van der Waals surface area contributed by atoms with Crippen LogP contribution >= 0.6 is 55.0 Å². The third kappa shape index (κ3) is 6.02. The third-order valence-corrected chi connectivity index (χ3v) is 9.19. The summed E-state index contributed by atoms with van der Waals surface area (Å²) < 4.78 is 15.1. The number of aromatic nitrogens is 1. The molecule has 0 bridgehead atoms. The Balaban J connectivity index is 1.83. The monoisotopic (exact) mass is 712 g/mol. The van der Waals surface area contributed by atoms with Gasteiger partial charge in [-0.2, -0.15) is 0 Å². The van der Waals surface area contributed by atoms with Gasteiger partial charge < -0.3 is 9.47 Å². The van der Waals surface area contributed by atoms with Gasteiger partial charge in [0.25, 0.3) is 5.56 Å². The van der Waals surface area contributed by atoms with Gasteiger partial charge in [0.05, 0.1) is 39.5 Å². The average Bonchev–Trinajstić information content (AvgIpc) is 3.28. The molecule has 2 heterocycles. The van der Waals surface area contributed by atoms with Crippen molar-refractivity contribution in [3.63, 3.8) is 0 Å². The van der Waals surface area contributed by atoms with Crippen LogP contribution in [0, 0.1) is 0 Å². The third-order valence-electron chi connectivity index (χ3n) is 6.42. The predicted octanol–water partition coefficient (Wildman–Crippen LogP) is 6.58. The highest BCUT2D eigenvalue weighted by Gasteiger charge is 2.35. The molecule has 0 saturated heterocycles. The first-order chi connectivity index (χ1) is 19.9. The molecule has 0 aliphatic carbocycles. The highest BCUT2D eigenvalue weighted by atomic mass is 79.9. The predicted molar refractivity (Wildman–Crippen MR) is 172 cm³/mol. The number of fused-ring (bicyclic) bond motifs is 1. The van der Waals surface area contributed by atoms with E-state index in [0.29, 0.717) is 33.0 Å². The summed E-state index contributed by atoms with van der Waals surface area (Å²) in [4.78, 5) is 34.3. The Hall–Kier alpha value is -2.92. The topological polar surface area (TPSA) is 69.9 Å². The lowest BCUT2D eigenvalue weighted by molar-refractivity contribution is -0.138. The summed E-state index contributed by atoms with van der Waals surface area (Å²) in [5, 5.41) is 0. The number of thiazole rings is 1. The molecule has 1 aromatic heterocycles. The zero-order valence-electron chi connectivity index (χ0n) is 22.5. The maximum absolute atomic E-state index is 14.2. The molecule has 3 aromatic carbocycles. The molecule has 0 spiro atoms. The SMILES string of the molecule is CCOC(=O)C1=C(c2ccccc2)N=c2s/c(=C\c3cc(Br)cc(Br)c3OCC)c(=O)n2[C@H]1c1ccc(SC)cc1. The number of benzene rings is 3. The normalized spacial score (nSPS) is 15.0. The molecule has 5 rings (SSSR count). The summed E-state index contributed by atoms with van der Waals surface area (Å²) in [6, 6.07) is 20.5. The van der Waals surface area contributed by atoms with E-state index in [2.05, 4.69) is 31.9 Å². The van der Waals surface area contributed by atoms with Gasteiger partial charge in [-0.15, -0.1) is 11.8 Å². The maximum Gasteiger partial charge on any atom is 0.338 e. The quantitative estimate of drug-likeness (QED) is 0.153. The second-order valence-corrected chi connectivity index (χ2v) is 12.6. The summed E-state index contributed by atoms with van der Waals surface area (Å²) in [6.45, 7) is 4.35. The highest BCUT2D eigenvalue weighted by Crippen LogP contribution is 2.36. The minimum absolute atomic E-state index is 0.199. The second kappa shape index (κ2) is 12.9. The van der Waals surface area contributed by atoms with Crippen LogP contribution in [0.2, 0.25) is 0 Å². The van der Waals surface area contributed by atoms with Crippen LogP contribution in [-0.2, 0) is 9.53 Å². The number of hydrogen-bond donors (Lipinski definition) is 0. The molecule has 0 radical (unpaired) electrons. The molecule has 0 amide bonds. The summed E-state index contributed by atoms with van der Waals surface area (Å²) in [6.07, 6.45) is 3.82. The summed E-state index contributed by atoms with van der Waals surface area (Å²) in [5.41, 5.74) is 2.88. The van der Waals surface area contributed by atoms with Crippen molar-refractivity contribution in [2.24, 2.45) is 4.99 Å². The van der Waals surface area contributed by atoms with E-state index in [1.54, 1.807) is 23.3 Å². The molecule has 0 saturated carbocycles. The maximum atomic E-state index is 14.2. The lowest BCUT2D eigenvalue weighted by Crippen LogP contribution is -2.40. The number of carbonyl (C=O) groups is 1. The number of ether oxygens (including phenoxy) is 2. The van der Waals surface area contributed by atoms with Gasteiger partial charge in [-0.05, 0) is 71.9 Å². The van der Waals surface area contributed by atoms with E-state index in [1.165, 1.54) is 11.3 Å². The number of nitrogens with zero attached hydrogens (tertiary/aromatic N) is 2. The first-order valence-corrected chi connectivity index (χ1v) is 16.5. The van der Waals surface area contributed by atoms with Gasteiger partial charge in [0.2, 0.25) is 0 Å². The first-order valence-electron chi connectivity index (χ1n) is 12.9. The van der Waals surface area contributed by atoms with Crippen LogP contribution in [0.3, 0.4) is 0 Å². The van der Waals surface area contributed by atoms with Gasteiger partial charge in [-0.25, -0.2) is 9.79 Å². The summed E-state index contributed by atoms with van der Waals surface area (Å²) >= 11 is 10.0. The van der Waals surface area contributed by atoms with Crippen LogP contribution in [0.1, 0.15) is 36.6 Å². The number of carbonyl (C=O) groups excluding carboxylic acids is 1. The van der Waals surface area contributed by atoms with Crippen LogP contribution in [0.25, 0.3) is 11.8 Å². The molecular weight excluding hydrogens is 688 g/mol. The van der Waals surface area contributed by atoms with Crippen molar-refractivity contribution in [2.75, 3.05) is 19.5 Å². The van der Waals surface area contributed by atoms with Crippen molar-refractivity contribution in [3.05, 3.63) is 118 Å². The standard InChI is InChI=1S/C31H26Br2N2O4S2/c1-4-38-28-20(15-21(32)17-23(28)33)16-24-29(36)35-27(19-11-13-22(40-3)14-12-19)25(30(37)39-5-2)26(34-31(35)41-24)18-9-7-6-8-10-18/h6-17,27H,4-5H2,1-3H3/b24-16-/t27-/m0/s1. The number of hydrogen-bond acceptors (Lipinski definition) is 7. The molecule has 6 nitrogen and oxygen atoms in total. The second-order valence-electron chi connectivity index (χ2n) is 8.94. The molecule has 210 valence electrons. The van der Waals surface area contributed by atoms with Crippen LogP contribution in [0.5, 0.6) is 5.75 Å². The zero-order chi connectivity index (χ0) is 29.1. The van der Waals surface area contributed by atoms with E-state index < -0.39 is 12.0 Å². The molecule has 10 heteroatoms. The minimum atomic E-state index is -0.723. The fourth-order valence-corrected chi connectivity index (χ4v) is 7.44. The van der Waals surface area contributed by atoms with Gasteiger partial charge >= 0.3 is 5.97 Å². The Morgan fingerprint density at radius 2 is 1.80 bits per heavy atom. The number of thioether (sulfide) groups is 1. The smallest absolute Gasteiger partial charge is 0.338 e. The van der Waals surface area contributed by atoms with Crippen molar-refractivity contribution in [1.82, 2.24) is 4.57 Å². The largest absolute Gasteiger partial charge is 0.492 e. The van der Waals surface area contributed by atoms with Crippen molar-refractivity contribution < 1.29 is 14.3 Å². The van der Waals surface area contributed by atoms with Crippen LogP contribution in [0.4, 0.5) is 0 Å². The fourth-order valence-electron chi connectivity index (χ4n) is 4.67. The first kappa shape index (κ1) is 29.6. The van der Waals surface area contributed by atoms with Crippen molar-refractivity contribution in [3.8, 4) is 5.75 Å². The van der Waals surface area contributed by atoms with Gasteiger partial charge in [0.1, 0.15) is 5.75 Å². The minimum Gasteiger partial charge on any atom is -0.492 e. The molecule has 1 atom stereocenters. The van der Waals surface area contributed by atoms with E-state index in [0.717, 1.165) is 30.5 Å². The number of halogens is 2. The highest BCUT2D eigenvalue weighted by molar-refractivity contribution is 9.11. The number of esters is 1. The van der Waals surface area contributed by atoms with Crippen molar-refractivity contribution >= 4 is 72.7 Å². The molecule has 0 fully saturated rings. The molecule has 41 heavy (non-hydrogen) atoms.